The summed E-state index contributed by atoms with van der Waals surface area (Å²) in [4.78, 5) is 11.7. The molecular weight excluding hydrogens is 244 g/mol. The highest BCUT2D eigenvalue weighted by atomic mass is 16.5. The third kappa shape index (κ3) is 6.79. The van der Waals surface area contributed by atoms with Crippen molar-refractivity contribution < 1.29 is 14.3 Å². The van der Waals surface area contributed by atoms with Gasteiger partial charge in [-0.1, -0.05) is 6.07 Å². The number of hydrogen-bond acceptors (Lipinski definition) is 4. The molecule has 5 heteroatoms. The van der Waals surface area contributed by atoms with Crippen LogP contribution >= 0.6 is 0 Å². The van der Waals surface area contributed by atoms with Gasteiger partial charge in [0, 0.05) is 18.3 Å². The molecule has 0 atom stereocenters. The summed E-state index contributed by atoms with van der Waals surface area (Å²) in [5.74, 6) is 0.492. The van der Waals surface area contributed by atoms with Crippen molar-refractivity contribution in [2.75, 3.05) is 25.1 Å². The van der Waals surface area contributed by atoms with Crippen LogP contribution in [-0.4, -0.2) is 31.3 Å². The van der Waals surface area contributed by atoms with E-state index < -0.39 is 0 Å². The van der Waals surface area contributed by atoms with Crippen LogP contribution in [0.15, 0.2) is 24.3 Å². The molecular formula is C14H22N2O3. The maximum atomic E-state index is 11.7. The van der Waals surface area contributed by atoms with Crippen molar-refractivity contribution in [2.45, 2.75) is 26.4 Å². The van der Waals surface area contributed by atoms with Crippen LogP contribution in [0, 0.1) is 0 Å². The van der Waals surface area contributed by atoms with Gasteiger partial charge in [-0.05, 0) is 32.9 Å². The molecule has 19 heavy (non-hydrogen) atoms. The Morgan fingerprint density at radius 2 is 2.11 bits per heavy atom. The van der Waals surface area contributed by atoms with E-state index in [2.05, 4.69) is 5.32 Å². The average Bonchev–Trinajstić information content (AvgIpc) is 2.33. The van der Waals surface area contributed by atoms with Gasteiger partial charge >= 0.3 is 0 Å². The normalized spacial score (nSPS) is 11.2. The zero-order valence-electron chi connectivity index (χ0n) is 11.7. The van der Waals surface area contributed by atoms with Gasteiger partial charge < -0.3 is 20.5 Å². The third-order valence-corrected chi connectivity index (χ3v) is 2.14. The van der Waals surface area contributed by atoms with Crippen LogP contribution < -0.4 is 15.8 Å². The first-order chi connectivity index (χ1) is 8.90. The molecule has 0 unspecified atom stereocenters. The van der Waals surface area contributed by atoms with Crippen LogP contribution in [0.2, 0.25) is 0 Å². The number of rotatable bonds is 6. The smallest absolute Gasteiger partial charge is 0.250 e. The van der Waals surface area contributed by atoms with Crippen molar-refractivity contribution in [3.63, 3.8) is 0 Å². The molecule has 3 N–H and O–H groups in total. The molecule has 0 saturated heterocycles. The van der Waals surface area contributed by atoms with E-state index in [-0.39, 0.29) is 18.1 Å². The molecule has 0 saturated carbocycles. The molecule has 5 nitrogen and oxygen atoms in total. The molecule has 1 rings (SSSR count). The highest BCUT2D eigenvalue weighted by Crippen LogP contribution is 2.17. The predicted molar refractivity (Wildman–Crippen MR) is 75.3 cm³/mol. The number of amides is 1. The van der Waals surface area contributed by atoms with E-state index in [1.165, 1.54) is 0 Å². The molecule has 0 aliphatic heterocycles. The number of benzene rings is 1. The number of anilines is 1. The van der Waals surface area contributed by atoms with Crippen molar-refractivity contribution in [1.82, 2.24) is 0 Å². The Bertz CT molecular complexity index is 413. The van der Waals surface area contributed by atoms with Crippen molar-refractivity contribution in [1.29, 1.82) is 0 Å². The molecule has 1 amide bonds. The molecule has 0 aliphatic rings. The fraction of sp³-hybridized carbons (Fsp3) is 0.500. The quantitative estimate of drug-likeness (QED) is 0.823. The van der Waals surface area contributed by atoms with Crippen LogP contribution in [0.5, 0.6) is 5.75 Å². The Morgan fingerprint density at radius 1 is 1.37 bits per heavy atom. The van der Waals surface area contributed by atoms with Gasteiger partial charge in [-0.25, -0.2) is 0 Å². The standard InChI is InChI=1S/C14H22N2O3/c1-14(2,3)19-10-13(17)16-11-5-4-6-12(9-11)18-8-7-15/h4-6,9H,7-8,10,15H2,1-3H3,(H,16,17). The van der Waals surface area contributed by atoms with Crippen molar-refractivity contribution >= 4 is 11.6 Å². The lowest BCUT2D eigenvalue weighted by molar-refractivity contribution is -0.125. The van der Waals surface area contributed by atoms with Gasteiger partial charge in [0.1, 0.15) is 19.0 Å². The minimum absolute atomic E-state index is 0.0252. The van der Waals surface area contributed by atoms with E-state index in [1.807, 2.05) is 32.9 Å². The van der Waals surface area contributed by atoms with Crippen molar-refractivity contribution in [3.05, 3.63) is 24.3 Å². The van der Waals surface area contributed by atoms with Gasteiger partial charge in [-0.3, -0.25) is 4.79 Å². The molecule has 1 aromatic carbocycles. The van der Waals surface area contributed by atoms with E-state index in [1.54, 1.807) is 12.1 Å². The van der Waals surface area contributed by atoms with Crippen LogP contribution in [0.3, 0.4) is 0 Å². The zero-order valence-corrected chi connectivity index (χ0v) is 11.7. The Balaban J connectivity index is 2.49. The van der Waals surface area contributed by atoms with E-state index in [4.69, 9.17) is 15.2 Å². The van der Waals surface area contributed by atoms with E-state index >= 15 is 0 Å². The van der Waals surface area contributed by atoms with Crippen LogP contribution in [0.4, 0.5) is 5.69 Å². The van der Waals surface area contributed by atoms with Gasteiger partial charge in [0.25, 0.3) is 0 Å². The van der Waals surface area contributed by atoms with Crippen molar-refractivity contribution in [3.8, 4) is 5.75 Å². The molecule has 106 valence electrons. The molecule has 0 heterocycles. The Kier molecular flexibility index (Phi) is 5.79. The van der Waals surface area contributed by atoms with E-state index in [0.717, 1.165) is 0 Å². The number of carbonyl (C=O) groups is 1. The lowest BCUT2D eigenvalue weighted by atomic mass is 10.2. The molecule has 0 aromatic heterocycles. The first-order valence-corrected chi connectivity index (χ1v) is 6.27. The van der Waals surface area contributed by atoms with E-state index in [0.29, 0.717) is 24.6 Å². The Hall–Kier alpha value is -1.59. The zero-order chi connectivity index (χ0) is 14.3. The van der Waals surface area contributed by atoms with E-state index in [9.17, 15) is 4.79 Å². The third-order valence-electron chi connectivity index (χ3n) is 2.14. The monoisotopic (exact) mass is 266 g/mol. The largest absolute Gasteiger partial charge is 0.492 e. The van der Waals surface area contributed by atoms with Gasteiger partial charge in [0.05, 0.1) is 5.60 Å². The second kappa shape index (κ2) is 7.11. The Morgan fingerprint density at radius 3 is 2.74 bits per heavy atom. The average molecular weight is 266 g/mol. The molecule has 1 aromatic rings. The second-order valence-corrected chi connectivity index (χ2v) is 5.11. The number of hydrogen-bond donors (Lipinski definition) is 2. The molecule has 0 fully saturated rings. The summed E-state index contributed by atoms with van der Waals surface area (Å²) in [6, 6.07) is 7.18. The summed E-state index contributed by atoms with van der Waals surface area (Å²) < 4.78 is 10.8. The molecule has 0 bridgehead atoms. The van der Waals surface area contributed by atoms with Gasteiger partial charge in [0.15, 0.2) is 0 Å². The highest BCUT2D eigenvalue weighted by Gasteiger charge is 2.13. The SMILES string of the molecule is CC(C)(C)OCC(=O)Nc1cccc(OCCN)c1. The minimum Gasteiger partial charge on any atom is -0.492 e. The predicted octanol–water partition coefficient (Wildman–Crippen LogP) is 1.78. The number of carbonyl (C=O) groups excluding carboxylic acids is 1. The topological polar surface area (TPSA) is 73.6 Å². The first-order valence-electron chi connectivity index (χ1n) is 6.27. The highest BCUT2D eigenvalue weighted by molar-refractivity contribution is 5.91. The maximum absolute atomic E-state index is 11.7. The fourth-order valence-electron chi connectivity index (χ4n) is 1.32. The second-order valence-electron chi connectivity index (χ2n) is 5.11. The summed E-state index contributed by atoms with van der Waals surface area (Å²) in [6.45, 7) is 6.64. The molecule has 0 spiro atoms. The van der Waals surface area contributed by atoms with Gasteiger partial charge in [0.2, 0.25) is 5.91 Å². The molecule has 0 radical (unpaired) electrons. The summed E-state index contributed by atoms with van der Waals surface area (Å²) >= 11 is 0. The summed E-state index contributed by atoms with van der Waals surface area (Å²) in [7, 11) is 0. The molecule has 0 aliphatic carbocycles. The van der Waals surface area contributed by atoms with Crippen LogP contribution in [0.1, 0.15) is 20.8 Å². The minimum atomic E-state index is -0.330. The van der Waals surface area contributed by atoms with Crippen molar-refractivity contribution in [2.24, 2.45) is 5.73 Å². The summed E-state index contributed by atoms with van der Waals surface area (Å²) in [5, 5.41) is 2.76. The Labute approximate surface area is 114 Å². The van der Waals surface area contributed by atoms with Crippen LogP contribution in [0.25, 0.3) is 0 Å². The summed E-state index contributed by atoms with van der Waals surface area (Å²) in [5.41, 5.74) is 5.71. The van der Waals surface area contributed by atoms with Gasteiger partial charge in [-0.15, -0.1) is 0 Å². The van der Waals surface area contributed by atoms with Crippen LogP contribution in [-0.2, 0) is 9.53 Å². The fourth-order valence-corrected chi connectivity index (χ4v) is 1.32. The number of nitrogens with two attached hydrogens (primary N) is 1. The first kappa shape index (κ1) is 15.5. The maximum Gasteiger partial charge on any atom is 0.250 e. The van der Waals surface area contributed by atoms with Gasteiger partial charge in [-0.2, -0.15) is 0 Å². The number of ether oxygens (including phenoxy) is 2. The summed E-state index contributed by atoms with van der Waals surface area (Å²) in [6.07, 6.45) is 0. The lowest BCUT2D eigenvalue weighted by Crippen LogP contribution is -2.27. The lowest BCUT2D eigenvalue weighted by Gasteiger charge is -2.19. The number of nitrogens with one attached hydrogen (secondary N) is 1.